The lowest BCUT2D eigenvalue weighted by Crippen LogP contribution is -2.62. The minimum atomic E-state index is -4.95. The van der Waals surface area contributed by atoms with E-state index in [4.69, 9.17) is 0 Å². The molecule has 36 heavy (non-hydrogen) atoms. The molecule has 12 heteroatoms. The van der Waals surface area contributed by atoms with Gasteiger partial charge in [0.1, 0.15) is 11.8 Å². The van der Waals surface area contributed by atoms with Crippen molar-refractivity contribution in [2.75, 3.05) is 22.9 Å². The maximum Gasteiger partial charge on any atom is 0.573 e. The number of hydrogen-bond acceptors (Lipinski definition) is 4. The summed E-state index contributed by atoms with van der Waals surface area (Å²) in [4.78, 5) is 29.0. The highest BCUT2D eigenvalue weighted by molar-refractivity contribution is 6.05. The first kappa shape index (κ1) is 25.6. The third-order valence-corrected chi connectivity index (χ3v) is 6.17. The van der Waals surface area contributed by atoms with Gasteiger partial charge in [0.15, 0.2) is 0 Å². The molecule has 1 saturated heterocycles. The second kappa shape index (κ2) is 9.90. The number of amides is 2. The van der Waals surface area contributed by atoms with Crippen LogP contribution in [0.3, 0.4) is 0 Å². The van der Waals surface area contributed by atoms with E-state index in [9.17, 15) is 35.9 Å². The molecule has 0 spiro atoms. The van der Waals surface area contributed by atoms with Crippen LogP contribution in [0.4, 0.5) is 37.7 Å². The van der Waals surface area contributed by atoms with Crippen LogP contribution in [0.15, 0.2) is 48.5 Å². The monoisotopic (exact) mass is 515 g/mol. The summed E-state index contributed by atoms with van der Waals surface area (Å²) in [5.74, 6) is -1.76. The Kier molecular flexibility index (Phi) is 7.05. The molecule has 2 amide bonds. The molecule has 1 aliphatic heterocycles. The van der Waals surface area contributed by atoms with E-state index in [1.54, 1.807) is 0 Å². The molecule has 1 N–H and O–H groups in total. The number of rotatable bonds is 5. The fourth-order valence-electron chi connectivity index (χ4n) is 4.57. The van der Waals surface area contributed by atoms with Crippen molar-refractivity contribution in [1.82, 2.24) is 5.32 Å². The van der Waals surface area contributed by atoms with Crippen LogP contribution >= 0.6 is 0 Å². The van der Waals surface area contributed by atoms with E-state index in [1.165, 1.54) is 29.2 Å². The van der Waals surface area contributed by atoms with Gasteiger partial charge in [-0.15, -0.1) is 13.2 Å². The van der Waals surface area contributed by atoms with Crippen LogP contribution in [0.25, 0.3) is 0 Å². The Morgan fingerprint density at radius 3 is 2.28 bits per heavy atom. The van der Waals surface area contributed by atoms with E-state index in [1.807, 2.05) is 0 Å². The fourth-order valence-corrected chi connectivity index (χ4v) is 4.57. The summed E-state index contributed by atoms with van der Waals surface area (Å²) in [6, 6.07) is 7.80. The Labute approximate surface area is 202 Å². The third kappa shape index (κ3) is 6.03. The summed E-state index contributed by atoms with van der Waals surface area (Å²) < 4.78 is 81.8. The van der Waals surface area contributed by atoms with Crippen LogP contribution in [0.1, 0.15) is 31.2 Å². The molecule has 1 heterocycles. The molecule has 2 fully saturated rings. The minimum Gasteiger partial charge on any atom is -0.406 e. The molecule has 1 saturated carbocycles. The normalized spacial score (nSPS) is 19.5. The number of halogens is 6. The first-order valence-corrected chi connectivity index (χ1v) is 11.3. The quantitative estimate of drug-likeness (QED) is 0.577. The number of benzene rings is 2. The highest BCUT2D eigenvalue weighted by Crippen LogP contribution is 2.34. The molecule has 2 aromatic carbocycles. The zero-order valence-electron chi connectivity index (χ0n) is 18.9. The number of nitrogens with zero attached hydrogens (tertiary/aromatic N) is 2. The molecule has 1 aliphatic carbocycles. The molecule has 4 rings (SSSR count). The summed E-state index contributed by atoms with van der Waals surface area (Å²) in [6.07, 6.45) is -6.21. The lowest BCUT2D eigenvalue weighted by atomic mass is 10.1. The van der Waals surface area contributed by atoms with E-state index >= 15 is 0 Å². The third-order valence-electron chi connectivity index (χ3n) is 6.17. The topological polar surface area (TPSA) is 61.9 Å². The summed E-state index contributed by atoms with van der Waals surface area (Å²) in [5, 5.41) is 2.88. The van der Waals surface area contributed by atoms with Gasteiger partial charge in [0.2, 0.25) is 11.8 Å². The minimum absolute atomic E-state index is 0.0111. The van der Waals surface area contributed by atoms with E-state index in [0.717, 1.165) is 54.8 Å². The molecule has 1 atom stereocenters. The number of alkyl halides is 6. The Hall–Kier alpha value is -3.44. The predicted octanol–water partition coefficient (Wildman–Crippen LogP) is 4.88. The van der Waals surface area contributed by atoms with Gasteiger partial charge in [-0.3, -0.25) is 14.5 Å². The van der Waals surface area contributed by atoms with Gasteiger partial charge in [-0.2, -0.15) is 13.2 Å². The Morgan fingerprint density at radius 2 is 1.61 bits per heavy atom. The van der Waals surface area contributed by atoms with Crippen LogP contribution in [0.2, 0.25) is 0 Å². The van der Waals surface area contributed by atoms with Crippen molar-refractivity contribution in [2.24, 2.45) is 0 Å². The summed E-state index contributed by atoms with van der Waals surface area (Å²) in [7, 11) is 0. The van der Waals surface area contributed by atoms with Gasteiger partial charge >= 0.3 is 12.5 Å². The van der Waals surface area contributed by atoms with Crippen LogP contribution in [-0.4, -0.2) is 43.3 Å². The molecule has 2 aromatic rings. The Morgan fingerprint density at radius 1 is 0.944 bits per heavy atom. The highest BCUT2D eigenvalue weighted by Gasteiger charge is 2.40. The zero-order valence-corrected chi connectivity index (χ0v) is 18.9. The standard InChI is InChI=1S/C24H23F6N3O3/c25-23(26,27)15-5-3-8-17(11-15)32-13-20(22(35)31-16-6-1-2-7-16)33(21(34)14-32)18-9-4-10-19(12-18)36-24(28,29)30/h3-5,8-12,16,20H,1-2,6-7,13-14H2,(H,31,35). The fraction of sp³-hybridized carbons (Fsp3) is 0.417. The van der Waals surface area contributed by atoms with Gasteiger partial charge in [-0.25, -0.2) is 0 Å². The molecule has 194 valence electrons. The van der Waals surface area contributed by atoms with Crippen molar-refractivity contribution >= 4 is 23.2 Å². The van der Waals surface area contributed by atoms with Gasteiger partial charge in [-0.1, -0.05) is 25.0 Å². The highest BCUT2D eigenvalue weighted by atomic mass is 19.4. The van der Waals surface area contributed by atoms with Crippen molar-refractivity contribution in [3.05, 3.63) is 54.1 Å². The van der Waals surface area contributed by atoms with E-state index in [0.29, 0.717) is 0 Å². The van der Waals surface area contributed by atoms with Gasteiger partial charge in [0.05, 0.1) is 12.1 Å². The Balaban J connectivity index is 1.66. The van der Waals surface area contributed by atoms with Crippen molar-refractivity contribution in [3.8, 4) is 5.75 Å². The molecular weight excluding hydrogens is 492 g/mol. The van der Waals surface area contributed by atoms with Crippen molar-refractivity contribution in [3.63, 3.8) is 0 Å². The molecule has 0 radical (unpaired) electrons. The first-order chi connectivity index (χ1) is 16.9. The smallest absolute Gasteiger partial charge is 0.406 e. The van der Waals surface area contributed by atoms with E-state index in [2.05, 4.69) is 10.1 Å². The second-order valence-corrected chi connectivity index (χ2v) is 8.74. The molecule has 2 aliphatic rings. The van der Waals surface area contributed by atoms with Gasteiger partial charge in [-0.05, 0) is 43.2 Å². The molecule has 1 unspecified atom stereocenters. The average Bonchev–Trinajstić information content (AvgIpc) is 3.30. The largest absolute Gasteiger partial charge is 0.573 e. The lowest BCUT2D eigenvalue weighted by Gasteiger charge is -2.41. The van der Waals surface area contributed by atoms with Crippen molar-refractivity contribution in [1.29, 1.82) is 0 Å². The summed E-state index contributed by atoms with van der Waals surface area (Å²) in [5.41, 5.74) is -0.790. The molecular formula is C24H23F6N3O3. The number of nitrogens with one attached hydrogen (secondary N) is 1. The Bertz CT molecular complexity index is 1110. The number of anilines is 2. The second-order valence-electron chi connectivity index (χ2n) is 8.74. The van der Waals surface area contributed by atoms with Gasteiger partial charge in [0, 0.05) is 30.0 Å². The number of hydrogen-bond donors (Lipinski definition) is 1. The van der Waals surface area contributed by atoms with Gasteiger partial charge in [0.25, 0.3) is 0 Å². The SMILES string of the molecule is O=C(NC1CCCC1)C1CN(c2cccc(C(F)(F)F)c2)CC(=O)N1c1cccc(OC(F)(F)F)c1. The number of carbonyl (C=O) groups is 2. The van der Waals surface area contributed by atoms with Crippen LogP contribution in [0, 0.1) is 0 Å². The molecule has 0 aromatic heterocycles. The number of piperazine rings is 1. The van der Waals surface area contributed by atoms with Gasteiger partial charge < -0.3 is 15.0 Å². The zero-order chi connectivity index (χ0) is 26.1. The lowest BCUT2D eigenvalue weighted by molar-refractivity contribution is -0.274. The maximum atomic E-state index is 13.3. The van der Waals surface area contributed by atoms with Crippen molar-refractivity contribution in [2.45, 2.75) is 50.3 Å². The predicted molar refractivity (Wildman–Crippen MR) is 118 cm³/mol. The van der Waals surface area contributed by atoms with E-state index in [-0.39, 0.29) is 30.5 Å². The average molecular weight is 515 g/mol. The maximum absolute atomic E-state index is 13.3. The van der Waals surface area contributed by atoms with Crippen molar-refractivity contribution < 1.29 is 40.7 Å². The number of ether oxygens (including phenoxy) is 1. The number of carbonyl (C=O) groups excluding carboxylic acids is 2. The van der Waals surface area contributed by atoms with Crippen LogP contribution in [0.5, 0.6) is 5.75 Å². The van der Waals surface area contributed by atoms with Crippen LogP contribution in [-0.2, 0) is 15.8 Å². The van der Waals surface area contributed by atoms with Crippen LogP contribution < -0.4 is 19.9 Å². The molecule has 6 nitrogen and oxygen atoms in total. The first-order valence-electron chi connectivity index (χ1n) is 11.3. The summed E-state index contributed by atoms with van der Waals surface area (Å²) in [6.45, 7) is -0.533. The van der Waals surface area contributed by atoms with E-state index < -0.39 is 41.7 Å². The summed E-state index contributed by atoms with van der Waals surface area (Å²) >= 11 is 0. The molecule has 0 bridgehead atoms.